The van der Waals surface area contributed by atoms with Crippen LogP contribution in [-0.4, -0.2) is 43.2 Å². The van der Waals surface area contributed by atoms with Gasteiger partial charge in [-0.05, 0) is 60.4 Å². The maximum absolute atomic E-state index is 12.7. The largest absolute Gasteiger partial charge is 0.338 e. The molecule has 2 aliphatic rings. The van der Waals surface area contributed by atoms with Gasteiger partial charge < -0.3 is 4.90 Å². The molecule has 0 saturated carbocycles. The van der Waals surface area contributed by atoms with Crippen molar-refractivity contribution in [3.05, 3.63) is 51.7 Å². The number of hydrogen-bond donors (Lipinski definition) is 0. The standard InChI is InChI=1S/C21H26N2O3S2/c24-21(22-14-10-20-18(16-22)11-15-27-20)9-6-17-4-7-19(8-5-17)28(25,26)23-12-2-1-3-13-23/h4-5,7-8,11,15H,1-3,6,9-10,12-14,16H2. The second-order valence-electron chi connectivity index (χ2n) is 7.54. The van der Waals surface area contributed by atoms with Crippen LogP contribution < -0.4 is 0 Å². The van der Waals surface area contributed by atoms with E-state index in [2.05, 4.69) is 11.4 Å². The van der Waals surface area contributed by atoms with Gasteiger partial charge >= 0.3 is 0 Å². The van der Waals surface area contributed by atoms with Gasteiger partial charge in [0.05, 0.1) is 4.90 Å². The first-order chi connectivity index (χ1) is 13.5. The van der Waals surface area contributed by atoms with Crippen LogP contribution in [0.25, 0.3) is 0 Å². The number of benzene rings is 1. The van der Waals surface area contributed by atoms with Gasteiger partial charge in [0.2, 0.25) is 15.9 Å². The fraction of sp³-hybridized carbons (Fsp3) is 0.476. The SMILES string of the molecule is O=C(CCc1ccc(S(=O)(=O)N2CCCCC2)cc1)N1CCc2sccc2C1. The molecule has 5 nitrogen and oxygen atoms in total. The predicted molar refractivity (Wildman–Crippen MR) is 111 cm³/mol. The van der Waals surface area contributed by atoms with Crippen LogP contribution in [0.4, 0.5) is 0 Å². The normalized spacial score (nSPS) is 18.1. The van der Waals surface area contributed by atoms with E-state index in [1.807, 2.05) is 17.0 Å². The number of nitrogens with zero attached hydrogens (tertiary/aromatic N) is 2. The number of rotatable bonds is 5. The first-order valence-corrected chi connectivity index (χ1v) is 12.3. The van der Waals surface area contributed by atoms with Gasteiger partial charge in [-0.1, -0.05) is 18.6 Å². The van der Waals surface area contributed by atoms with Crippen molar-refractivity contribution in [3.8, 4) is 0 Å². The Morgan fingerprint density at radius 2 is 1.75 bits per heavy atom. The number of sulfonamides is 1. The second kappa shape index (κ2) is 8.35. The van der Waals surface area contributed by atoms with Gasteiger partial charge in [0.1, 0.15) is 0 Å². The van der Waals surface area contributed by atoms with E-state index in [0.717, 1.165) is 37.8 Å². The molecule has 2 aliphatic heterocycles. The Hall–Kier alpha value is -1.70. The zero-order chi connectivity index (χ0) is 19.6. The van der Waals surface area contributed by atoms with Crippen molar-refractivity contribution >= 4 is 27.3 Å². The van der Waals surface area contributed by atoms with Crippen LogP contribution in [0.3, 0.4) is 0 Å². The lowest BCUT2D eigenvalue weighted by Gasteiger charge is -2.27. The van der Waals surface area contributed by atoms with Crippen molar-refractivity contribution in [3.63, 3.8) is 0 Å². The highest BCUT2D eigenvalue weighted by Gasteiger charge is 2.26. The van der Waals surface area contributed by atoms with Crippen molar-refractivity contribution in [2.75, 3.05) is 19.6 Å². The molecular formula is C21H26N2O3S2. The topological polar surface area (TPSA) is 57.7 Å². The number of amides is 1. The van der Waals surface area contributed by atoms with Gasteiger partial charge in [-0.15, -0.1) is 11.3 Å². The summed E-state index contributed by atoms with van der Waals surface area (Å²) in [6, 6.07) is 9.17. The van der Waals surface area contributed by atoms with Crippen molar-refractivity contribution in [1.82, 2.24) is 9.21 Å². The molecule has 2 aromatic rings. The minimum absolute atomic E-state index is 0.168. The summed E-state index contributed by atoms with van der Waals surface area (Å²) < 4.78 is 27.0. The van der Waals surface area contributed by atoms with E-state index in [-0.39, 0.29) is 5.91 Å². The van der Waals surface area contributed by atoms with Crippen molar-refractivity contribution < 1.29 is 13.2 Å². The molecule has 0 aliphatic carbocycles. The quantitative estimate of drug-likeness (QED) is 0.747. The van der Waals surface area contributed by atoms with Crippen LogP contribution in [0.1, 0.15) is 41.7 Å². The molecule has 150 valence electrons. The monoisotopic (exact) mass is 418 g/mol. The average molecular weight is 419 g/mol. The van der Waals surface area contributed by atoms with E-state index in [1.165, 1.54) is 10.4 Å². The van der Waals surface area contributed by atoms with Gasteiger partial charge in [-0.2, -0.15) is 4.31 Å². The lowest BCUT2D eigenvalue weighted by Crippen LogP contribution is -2.35. The number of thiophene rings is 1. The Morgan fingerprint density at radius 1 is 1.00 bits per heavy atom. The third-order valence-electron chi connectivity index (χ3n) is 5.66. The molecule has 0 N–H and O–H groups in total. The van der Waals surface area contributed by atoms with E-state index in [1.54, 1.807) is 27.8 Å². The lowest BCUT2D eigenvalue weighted by atomic mass is 10.1. The summed E-state index contributed by atoms with van der Waals surface area (Å²) in [5.41, 5.74) is 2.27. The lowest BCUT2D eigenvalue weighted by molar-refractivity contribution is -0.132. The summed E-state index contributed by atoms with van der Waals surface area (Å²) in [6.45, 7) is 2.73. The summed E-state index contributed by atoms with van der Waals surface area (Å²) in [7, 11) is -3.39. The Morgan fingerprint density at radius 3 is 2.50 bits per heavy atom. The first kappa shape index (κ1) is 19.6. The van der Waals surface area contributed by atoms with Crippen LogP contribution >= 0.6 is 11.3 Å². The molecule has 1 aromatic heterocycles. The highest BCUT2D eigenvalue weighted by Crippen LogP contribution is 2.25. The summed E-state index contributed by atoms with van der Waals surface area (Å²) in [5, 5.41) is 2.10. The third-order valence-corrected chi connectivity index (χ3v) is 8.60. The van der Waals surface area contributed by atoms with Crippen LogP contribution in [-0.2, 0) is 34.2 Å². The number of piperidine rings is 1. The van der Waals surface area contributed by atoms with Crippen molar-refractivity contribution in [2.24, 2.45) is 0 Å². The van der Waals surface area contributed by atoms with Crippen molar-refractivity contribution in [2.45, 2.75) is 50.0 Å². The minimum atomic E-state index is -3.39. The highest BCUT2D eigenvalue weighted by molar-refractivity contribution is 7.89. The van der Waals surface area contributed by atoms with E-state index in [9.17, 15) is 13.2 Å². The molecule has 7 heteroatoms. The molecule has 0 spiro atoms. The molecule has 3 heterocycles. The fourth-order valence-corrected chi connectivity index (χ4v) is 6.36. The Bertz CT molecular complexity index is 929. The van der Waals surface area contributed by atoms with Gasteiger partial charge in [-0.3, -0.25) is 4.79 Å². The Balaban J connectivity index is 1.34. The van der Waals surface area contributed by atoms with E-state index >= 15 is 0 Å². The maximum Gasteiger partial charge on any atom is 0.243 e. The molecule has 4 rings (SSSR count). The number of fused-ring (bicyclic) bond motifs is 1. The smallest absolute Gasteiger partial charge is 0.243 e. The molecule has 0 unspecified atom stereocenters. The minimum Gasteiger partial charge on any atom is -0.338 e. The van der Waals surface area contributed by atoms with Gasteiger partial charge in [-0.25, -0.2) is 8.42 Å². The molecule has 0 bridgehead atoms. The molecule has 1 fully saturated rings. The van der Waals surface area contributed by atoms with Crippen LogP contribution in [0.5, 0.6) is 0 Å². The highest BCUT2D eigenvalue weighted by atomic mass is 32.2. The molecule has 1 aromatic carbocycles. The fourth-order valence-electron chi connectivity index (χ4n) is 3.95. The molecule has 1 saturated heterocycles. The summed E-state index contributed by atoms with van der Waals surface area (Å²) in [5.74, 6) is 0.168. The van der Waals surface area contributed by atoms with Crippen LogP contribution in [0.2, 0.25) is 0 Å². The number of aryl methyl sites for hydroxylation is 1. The molecular weight excluding hydrogens is 392 g/mol. The van der Waals surface area contributed by atoms with E-state index in [0.29, 0.717) is 37.4 Å². The second-order valence-corrected chi connectivity index (χ2v) is 10.5. The van der Waals surface area contributed by atoms with E-state index < -0.39 is 10.0 Å². The predicted octanol–water partition coefficient (Wildman–Crippen LogP) is 3.44. The molecule has 28 heavy (non-hydrogen) atoms. The zero-order valence-corrected chi connectivity index (χ0v) is 17.6. The zero-order valence-electron chi connectivity index (χ0n) is 16.0. The third kappa shape index (κ3) is 4.16. The molecule has 1 amide bonds. The maximum atomic E-state index is 12.7. The molecule has 0 radical (unpaired) electrons. The van der Waals surface area contributed by atoms with Crippen LogP contribution in [0, 0.1) is 0 Å². The number of hydrogen-bond acceptors (Lipinski definition) is 4. The van der Waals surface area contributed by atoms with Gasteiger partial charge in [0.15, 0.2) is 0 Å². The summed E-state index contributed by atoms with van der Waals surface area (Å²) in [4.78, 5) is 16.2. The Labute approximate surface area is 171 Å². The van der Waals surface area contributed by atoms with Gasteiger partial charge in [0, 0.05) is 37.5 Å². The first-order valence-electron chi connectivity index (χ1n) is 9.96. The van der Waals surface area contributed by atoms with Crippen LogP contribution in [0.15, 0.2) is 40.6 Å². The van der Waals surface area contributed by atoms with E-state index in [4.69, 9.17) is 0 Å². The Kier molecular flexibility index (Phi) is 5.85. The average Bonchev–Trinajstić information content (AvgIpc) is 3.21. The number of carbonyl (C=O) groups excluding carboxylic acids is 1. The summed E-state index contributed by atoms with van der Waals surface area (Å²) in [6.07, 6.45) is 5.00. The van der Waals surface area contributed by atoms with Crippen molar-refractivity contribution in [1.29, 1.82) is 0 Å². The molecule has 0 atom stereocenters. The summed E-state index contributed by atoms with van der Waals surface area (Å²) >= 11 is 1.77. The number of carbonyl (C=O) groups is 1. The van der Waals surface area contributed by atoms with Gasteiger partial charge in [0.25, 0.3) is 0 Å².